The summed E-state index contributed by atoms with van der Waals surface area (Å²) in [4.78, 5) is 16.7. The number of aliphatic hydroxyl groups excluding tert-OH is 1. The van der Waals surface area contributed by atoms with Gasteiger partial charge in [-0.15, -0.1) is 11.3 Å². The van der Waals surface area contributed by atoms with E-state index in [4.69, 9.17) is 4.74 Å². The van der Waals surface area contributed by atoms with Gasteiger partial charge < -0.3 is 15.2 Å². The summed E-state index contributed by atoms with van der Waals surface area (Å²) in [6, 6.07) is 10.9. The molecule has 0 aliphatic rings. The summed E-state index contributed by atoms with van der Waals surface area (Å²) >= 11 is 1.52. The Hall–Kier alpha value is -2.91. The van der Waals surface area contributed by atoms with Gasteiger partial charge in [-0.25, -0.2) is 4.98 Å². The van der Waals surface area contributed by atoms with E-state index >= 15 is 0 Å². The molecule has 2 N–H and O–H groups in total. The molecular weight excluding hydrogens is 417 g/mol. The number of carbonyl (C=O) groups excluding carboxylic acids is 1. The number of hydrogen-bond acceptors (Lipinski definition) is 5. The number of hydrogen-bond donors (Lipinski definition) is 2. The Morgan fingerprint density at radius 1 is 1.23 bits per heavy atom. The van der Waals surface area contributed by atoms with E-state index in [0.29, 0.717) is 11.3 Å². The lowest BCUT2D eigenvalue weighted by Gasteiger charge is -2.15. The minimum absolute atomic E-state index is 0.0702. The van der Waals surface area contributed by atoms with Crippen molar-refractivity contribution in [3.8, 4) is 5.75 Å². The summed E-state index contributed by atoms with van der Waals surface area (Å²) in [5.74, 6) is 0.00251. The zero-order chi connectivity index (χ0) is 21.7. The largest absolute Gasteiger partial charge is 0.487 e. The number of carbonyl (C=O) groups is 1. The van der Waals surface area contributed by atoms with E-state index in [9.17, 15) is 23.1 Å². The van der Waals surface area contributed by atoms with Gasteiger partial charge in [-0.2, -0.15) is 13.2 Å². The van der Waals surface area contributed by atoms with E-state index in [1.54, 1.807) is 24.3 Å². The second-order valence-corrected chi connectivity index (χ2v) is 7.59. The van der Waals surface area contributed by atoms with Crippen LogP contribution in [-0.4, -0.2) is 22.5 Å². The number of nitrogens with one attached hydrogen (secondary N) is 1. The smallest absolute Gasteiger partial charge is 0.416 e. The van der Waals surface area contributed by atoms with Gasteiger partial charge in [0.05, 0.1) is 22.4 Å². The number of ether oxygens (including phenoxy) is 1. The molecule has 1 amide bonds. The Balaban J connectivity index is 1.58. The molecule has 3 rings (SSSR count). The molecule has 9 heteroatoms. The first-order valence-electron chi connectivity index (χ1n) is 8.99. The number of rotatable bonds is 7. The van der Waals surface area contributed by atoms with Gasteiger partial charge in [0.15, 0.2) is 0 Å². The Morgan fingerprint density at radius 2 is 2.00 bits per heavy atom. The second-order valence-electron chi connectivity index (χ2n) is 6.52. The highest BCUT2D eigenvalue weighted by molar-refractivity contribution is 7.09. The summed E-state index contributed by atoms with van der Waals surface area (Å²) in [5, 5.41) is 15.5. The normalized spacial score (nSPS) is 12.4. The first-order valence-corrected chi connectivity index (χ1v) is 9.87. The summed E-state index contributed by atoms with van der Waals surface area (Å²) in [7, 11) is 0. The van der Waals surface area contributed by atoms with Crippen LogP contribution >= 0.6 is 11.3 Å². The maximum Gasteiger partial charge on any atom is 0.416 e. The van der Waals surface area contributed by atoms with Crippen LogP contribution in [0.3, 0.4) is 0 Å². The van der Waals surface area contributed by atoms with Crippen molar-refractivity contribution in [2.24, 2.45) is 0 Å². The number of aryl methyl sites for hydroxylation is 1. The molecule has 0 bridgehead atoms. The number of alkyl halides is 3. The van der Waals surface area contributed by atoms with Crippen LogP contribution in [-0.2, 0) is 12.8 Å². The van der Waals surface area contributed by atoms with Crippen LogP contribution in [0.5, 0.6) is 5.75 Å². The van der Waals surface area contributed by atoms with Crippen LogP contribution in [0.15, 0.2) is 53.9 Å². The highest BCUT2D eigenvalue weighted by Gasteiger charge is 2.30. The summed E-state index contributed by atoms with van der Waals surface area (Å²) in [6.45, 7) is 1.93. The lowest BCUT2D eigenvalue weighted by molar-refractivity contribution is -0.137. The average Bonchev–Trinajstić information content (AvgIpc) is 3.15. The van der Waals surface area contributed by atoms with Crippen molar-refractivity contribution in [2.45, 2.75) is 25.8 Å². The molecule has 1 atom stereocenters. The highest BCUT2D eigenvalue weighted by atomic mass is 32.1. The second kappa shape index (κ2) is 9.27. The van der Waals surface area contributed by atoms with Crippen molar-refractivity contribution in [3.63, 3.8) is 0 Å². The van der Waals surface area contributed by atoms with Crippen molar-refractivity contribution in [1.29, 1.82) is 0 Å². The number of halogens is 3. The van der Waals surface area contributed by atoms with Gasteiger partial charge >= 0.3 is 6.18 Å². The zero-order valence-corrected chi connectivity index (χ0v) is 16.8. The Morgan fingerprint density at radius 3 is 2.70 bits per heavy atom. The van der Waals surface area contributed by atoms with E-state index in [2.05, 4.69) is 10.3 Å². The average molecular weight is 436 g/mol. The predicted octanol–water partition coefficient (Wildman–Crippen LogP) is 4.51. The molecule has 2 aromatic carbocycles. The van der Waals surface area contributed by atoms with Gasteiger partial charge in [0.25, 0.3) is 5.91 Å². The molecule has 0 spiro atoms. The number of nitrogens with zero attached hydrogens (tertiary/aromatic N) is 1. The fraction of sp³-hybridized carbons (Fsp3) is 0.238. The lowest BCUT2D eigenvalue weighted by atomic mass is 10.1. The molecule has 3 aromatic rings. The van der Waals surface area contributed by atoms with Crippen molar-refractivity contribution in [2.75, 3.05) is 6.54 Å². The van der Waals surface area contributed by atoms with Gasteiger partial charge in [-0.1, -0.05) is 18.2 Å². The number of benzene rings is 2. The summed E-state index contributed by atoms with van der Waals surface area (Å²) in [6.07, 6.45) is -5.78. The zero-order valence-electron chi connectivity index (χ0n) is 15.9. The maximum atomic E-state index is 12.8. The van der Waals surface area contributed by atoms with E-state index in [1.807, 2.05) is 12.3 Å². The van der Waals surface area contributed by atoms with Crippen molar-refractivity contribution >= 4 is 17.2 Å². The molecule has 1 unspecified atom stereocenters. The molecule has 0 saturated heterocycles. The standard InChI is InChI=1S/C21H19F3N2O3S/c1-13-26-17(12-30-13)11-29-18-7-3-5-15(9-18)20(28)25-10-19(27)14-4-2-6-16(8-14)21(22,23)24/h2-9,12,19,27H,10-11H2,1H3,(H,25,28). The molecule has 0 aliphatic heterocycles. The molecule has 30 heavy (non-hydrogen) atoms. The number of thiazole rings is 1. The minimum atomic E-state index is -4.50. The van der Waals surface area contributed by atoms with Gasteiger partial charge in [0, 0.05) is 17.5 Å². The highest BCUT2D eigenvalue weighted by Crippen LogP contribution is 2.30. The number of aliphatic hydroxyl groups is 1. The van der Waals surface area contributed by atoms with Crippen LogP contribution < -0.4 is 10.1 Å². The molecule has 0 fully saturated rings. The SMILES string of the molecule is Cc1nc(COc2cccc(C(=O)NCC(O)c3cccc(C(F)(F)F)c3)c2)cs1. The predicted molar refractivity (Wildman–Crippen MR) is 106 cm³/mol. The van der Waals surface area contributed by atoms with Crippen molar-refractivity contribution in [1.82, 2.24) is 10.3 Å². The van der Waals surface area contributed by atoms with Crippen LogP contribution in [0.4, 0.5) is 13.2 Å². The first kappa shape index (κ1) is 21.8. The molecule has 0 aliphatic carbocycles. The molecule has 5 nitrogen and oxygen atoms in total. The van der Waals surface area contributed by atoms with E-state index in [0.717, 1.165) is 22.8 Å². The molecule has 1 aromatic heterocycles. The summed E-state index contributed by atoms with van der Waals surface area (Å²) < 4.78 is 44.1. The van der Waals surface area contributed by atoms with Gasteiger partial charge in [-0.05, 0) is 42.8 Å². The van der Waals surface area contributed by atoms with Crippen LogP contribution in [0.2, 0.25) is 0 Å². The first-order chi connectivity index (χ1) is 14.2. The number of amides is 1. The molecule has 0 saturated carbocycles. The molecule has 158 valence electrons. The van der Waals surface area contributed by atoms with E-state index < -0.39 is 23.8 Å². The topological polar surface area (TPSA) is 71.5 Å². The van der Waals surface area contributed by atoms with Crippen LogP contribution in [0.25, 0.3) is 0 Å². The minimum Gasteiger partial charge on any atom is -0.487 e. The number of aromatic nitrogens is 1. The Labute approximate surface area is 175 Å². The van der Waals surface area contributed by atoms with Gasteiger partial charge in [-0.3, -0.25) is 4.79 Å². The van der Waals surface area contributed by atoms with E-state index in [-0.39, 0.29) is 18.7 Å². The van der Waals surface area contributed by atoms with Crippen LogP contribution in [0, 0.1) is 6.92 Å². The van der Waals surface area contributed by atoms with Gasteiger partial charge in [0.1, 0.15) is 12.4 Å². The molecule has 0 radical (unpaired) electrons. The maximum absolute atomic E-state index is 12.8. The fourth-order valence-corrected chi connectivity index (χ4v) is 3.29. The monoisotopic (exact) mass is 436 g/mol. The summed E-state index contributed by atoms with van der Waals surface area (Å²) in [5.41, 5.74) is 0.307. The molecule has 1 heterocycles. The third-order valence-corrected chi connectivity index (χ3v) is 5.03. The third kappa shape index (κ3) is 5.80. The Kier molecular flexibility index (Phi) is 6.73. The lowest BCUT2D eigenvalue weighted by Crippen LogP contribution is -2.28. The quantitative estimate of drug-likeness (QED) is 0.572. The fourth-order valence-electron chi connectivity index (χ4n) is 2.69. The van der Waals surface area contributed by atoms with Gasteiger partial charge in [0.2, 0.25) is 0 Å². The third-order valence-electron chi connectivity index (χ3n) is 4.20. The Bertz CT molecular complexity index is 1020. The van der Waals surface area contributed by atoms with Crippen LogP contribution in [0.1, 0.15) is 38.3 Å². The van der Waals surface area contributed by atoms with E-state index in [1.165, 1.54) is 23.5 Å². The molecular formula is C21H19F3N2O3S. The van der Waals surface area contributed by atoms with Crippen molar-refractivity contribution in [3.05, 3.63) is 81.3 Å². The van der Waals surface area contributed by atoms with Crippen molar-refractivity contribution < 1.29 is 27.8 Å².